The van der Waals surface area contributed by atoms with E-state index in [1.165, 1.54) is 11.3 Å². The van der Waals surface area contributed by atoms with Crippen molar-refractivity contribution in [1.29, 1.82) is 0 Å². The van der Waals surface area contributed by atoms with E-state index in [0.717, 1.165) is 60.1 Å². The van der Waals surface area contributed by atoms with Gasteiger partial charge >= 0.3 is 0 Å². The number of fused-ring (bicyclic) bond motifs is 1. The summed E-state index contributed by atoms with van der Waals surface area (Å²) in [5, 5.41) is 0.750. The molecule has 1 atom stereocenters. The quantitative estimate of drug-likeness (QED) is 0.666. The SMILES string of the molecule is Clc1ccccc1C1CN(c2nc(-c3ccncc3)nc3c2CCC3)CCO1. The molecule has 1 aliphatic heterocycles. The molecule has 5 rings (SSSR count). The Kier molecular flexibility index (Phi) is 4.71. The largest absolute Gasteiger partial charge is 0.370 e. The van der Waals surface area contributed by atoms with Crippen LogP contribution in [0.1, 0.15) is 29.3 Å². The van der Waals surface area contributed by atoms with Crippen LogP contribution in [0, 0.1) is 0 Å². The predicted molar refractivity (Wildman–Crippen MR) is 110 cm³/mol. The van der Waals surface area contributed by atoms with Crippen LogP contribution in [0.3, 0.4) is 0 Å². The Hall–Kier alpha value is -2.50. The van der Waals surface area contributed by atoms with E-state index in [1.807, 2.05) is 36.4 Å². The van der Waals surface area contributed by atoms with Crippen LogP contribution in [0.4, 0.5) is 5.82 Å². The minimum Gasteiger partial charge on any atom is -0.370 e. The normalized spacial score (nSPS) is 18.9. The standard InChI is InChI=1S/C22H21ClN4O/c23-18-6-2-1-4-16(18)20-14-27(12-13-28-20)22-17-5-3-7-19(17)25-21(26-22)15-8-10-24-11-9-15/h1-2,4,6,8-11,20H,3,5,7,12-14H2. The minimum atomic E-state index is -0.0566. The third kappa shape index (κ3) is 3.25. The Bertz CT molecular complexity index is 995. The number of halogens is 1. The highest BCUT2D eigenvalue weighted by molar-refractivity contribution is 6.31. The van der Waals surface area contributed by atoms with Crippen molar-refractivity contribution in [3.63, 3.8) is 0 Å². The number of benzene rings is 1. The summed E-state index contributed by atoms with van der Waals surface area (Å²) in [4.78, 5) is 16.3. The first kappa shape index (κ1) is 17.6. The van der Waals surface area contributed by atoms with Gasteiger partial charge in [-0.05, 0) is 37.5 Å². The van der Waals surface area contributed by atoms with Crippen LogP contribution in [0.25, 0.3) is 11.4 Å². The molecule has 3 heterocycles. The van der Waals surface area contributed by atoms with E-state index in [4.69, 9.17) is 26.3 Å². The van der Waals surface area contributed by atoms with Gasteiger partial charge in [0.1, 0.15) is 11.9 Å². The van der Waals surface area contributed by atoms with Crippen molar-refractivity contribution in [2.45, 2.75) is 25.4 Å². The number of anilines is 1. The molecule has 0 N–H and O–H groups in total. The van der Waals surface area contributed by atoms with Crippen LogP contribution in [-0.2, 0) is 17.6 Å². The van der Waals surface area contributed by atoms with Gasteiger partial charge < -0.3 is 9.64 Å². The molecule has 2 aromatic heterocycles. The molecule has 1 saturated heterocycles. The monoisotopic (exact) mass is 392 g/mol. The zero-order chi connectivity index (χ0) is 18.9. The maximum absolute atomic E-state index is 6.42. The molecule has 2 aliphatic rings. The molecular weight excluding hydrogens is 372 g/mol. The number of hydrogen-bond donors (Lipinski definition) is 0. The van der Waals surface area contributed by atoms with Crippen molar-refractivity contribution in [2.75, 3.05) is 24.6 Å². The molecule has 0 radical (unpaired) electrons. The van der Waals surface area contributed by atoms with Crippen molar-refractivity contribution in [3.05, 3.63) is 70.6 Å². The van der Waals surface area contributed by atoms with Crippen molar-refractivity contribution in [3.8, 4) is 11.4 Å². The van der Waals surface area contributed by atoms with E-state index in [0.29, 0.717) is 6.61 Å². The Morgan fingerprint density at radius 3 is 2.75 bits per heavy atom. The molecule has 28 heavy (non-hydrogen) atoms. The van der Waals surface area contributed by atoms with E-state index >= 15 is 0 Å². The maximum atomic E-state index is 6.42. The molecule has 1 aliphatic carbocycles. The summed E-state index contributed by atoms with van der Waals surface area (Å²) in [6, 6.07) is 11.9. The second-order valence-corrected chi connectivity index (χ2v) is 7.62. The van der Waals surface area contributed by atoms with Crippen LogP contribution in [-0.4, -0.2) is 34.6 Å². The van der Waals surface area contributed by atoms with Crippen LogP contribution in [0.15, 0.2) is 48.8 Å². The number of ether oxygens (including phenoxy) is 1. The maximum Gasteiger partial charge on any atom is 0.161 e. The summed E-state index contributed by atoms with van der Waals surface area (Å²) in [5.41, 5.74) is 4.51. The molecule has 0 bridgehead atoms. The van der Waals surface area contributed by atoms with Crippen molar-refractivity contribution in [2.24, 2.45) is 0 Å². The van der Waals surface area contributed by atoms with Crippen molar-refractivity contribution < 1.29 is 4.74 Å². The fourth-order valence-corrected chi connectivity index (χ4v) is 4.33. The minimum absolute atomic E-state index is 0.0566. The van der Waals surface area contributed by atoms with E-state index in [-0.39, 0.29) is 6.10 Å². The van der Waals surface area contributed by atoms with E-state index in [9.17, 15) is 0 Å². The summed E-state index contributed by atoms with van der Waals surface area (Å²) >= 11 is 6.42. The van der Waals surface area contributed by atoms with Crippen LogP contribution >= 0.6 is 11.6 Å². The van der Waals surface area contributed by atoms with Gasteiger partial charge in [0.05, 0.1) is 6.61 Å². The molecule has 3 aromatic rings. The average Bonchev–Trinajstić information content (AvgIpc) is 3.23. The number of morpholine rings is 1. The molecule has 6 heteroatoms. The average molecular weight is 393 g/mol. The zero-order valence-electron chi connectivity index (χ0n) is 15.5. The van der Waals surface area contributed by atoms with Gasteiger partial charge in [-0.25, -0.2) is 9.97 Å². The Balaban J connectivity index is 1.52. The topological polar surface area (TPSA) is 51.1 Å². The smallest absolute Gasteiger partial charge is 0.161 e. The number of nitrogens with zero attached hydrogens (tertiary/aromatic N) is 4. The number of aromatic nitrogens is 3. The van der Waals surface area contributed by atoms with Crippen molar-refractivity contribution in [1.82, 2.24) is 15.0 Å². The van der Waals surface area contributed by atoms with E-state index in [1.54, 1.807) is 12.4 Å². The highest BCUT2D eigenvalue weighted by Gasteiger charge is 2.29. The molecule has 1 unspecified atom stereocenters. The summed E-state index contributed by atoms with van der Waals surface area (Å²) in [6.45, 7) is 2.21. The molecule has 5 nitrogen and oxygen atoms in total. The van der Waals surface area contributed by atoms with Gasteiger partial charge in [0.25, 0.3) is 0 Å². The highest BCUT2D eigenvalue weighted by atomic mass is 35.5. The van der Waals surface area contributed by atoms with E-state index < -0.39 is 0 Å². The first-order valence-corrected chi connectivity index (χ1v) is 10.1. The summed E-state index contributed by atoms with van der Waals surface area (Å²) in [5.74, 6) is 1.83. The van der Waals surface area contributed by atoms with Gasteiger partial charge in [0.2, 0.25) is 0 Å². The number of rotatable bonds is 3. The highest BCUT2D eigenvalue weighted by Crippen LogP contribution is 2.35. The lowest BCUT2D eigenvalue weighted by molar-refractivity contribution is 0.0395. The molecule has 1 fully saturated rings. The zero-order valence-corrected chi connectivity index (χ0v) is 16.3. The molecule has 0 spiro atoms. The Labute approximate surface area is 169 Å². The van der Waals surface area contributed by atoms with Gasteiger partial charge in [-0.1, -0.05) is 29.8 Å². The number of aryl methyl sites for hydroxylation is 1. The van der Waals surface area contributed by atoms with Crippen LogP contribution < -0.4 is 4.90 Å². The third-order valence-electron chi connectivity index (χ3n) is 5.47. The van der Waals surface area contributed by atoms with Gasteiger partial charge in [-0.3, -0.25) is 4.98 Å². The lowest BCUT2D eigenvalue weighted by Gasteiger charge is -2.35. The lowest BCUT2D eigenvalue weighted by Crippen LogP contribution is -2.39. The molecule has 0 saturated carbocycles. The number of pyridine rings is 1. The number of hydrogen-bond acceptors (Lipinski definition) is 5. The van der Waals surface area contributed by atoms with Crippen LogP contribution in [0.5, 0.6) is 0 Å². The second-order valence-electron chi connectivity index (χ2n) is 7.21. The summed E-state index contributed by atoms with van der Waals surface area (Å²) < 4.78 is 6.05. The fourth-order valence-electron chi connectivity index (χ4n) is 4.07. The molecule has 1 aromatic carbocycles. The van der Waals surface area contributed by atoms with E-state index in [2.05, 4.69) is 9.88 Å². The van der Waals surface area contributed by atoms with Crippen LogP contribution in [0.2, 0.25) is 5.02 Å². The Morgan fingerprint density at radius 2 is 1.89 bits per heavy atom. The fraction of sp³-hybridized carbons (Fsp3) is 0.318. The molecule has 0 amide bonds. The predicted octanol–water partition coefficient (Wildman–Crippen LogP) is 4.26. The van der Waals surface area contributed by atoms with Crippen molar-refractivity contribution >= 4 is 17.4 Å². The first-order chi connectivity index (χ1) is 13.8. The van der Waals surface area contributed by atoms with Gasteiger partial charge in [0.15, 0.2) is 5.82 Å². The second kappa shape index (κ2) is 7.49. The third-order valence-corrected chi connectivity index (χ3v) is 5.81. The van der Waals surface area contributed by atoms with Gasteiger partial charge in [0, 0.05) is 52.9 Å². The Morgan fingerprint density at radius 1 is 1.04 bits per heavy atom. The molecular formula is C22H21ClN4O. The van der Waals surface area contributed by atoms with Gasteiger partial charge in [-0.15, -0.1) is 0 Å². The molecule has 142 valence electrons. The van der Waals surface area contributed by atoms with Gasteiger partial charge in [-0.2, -0.15) is 0 Å². The summed E-state index contributed by atoms with van der Waals surface area (Å²) in [6.07, 6.45) is 6.70. The first-order valence-electron chi connectivity index (χ1n) is 9.71. The lowest BCUT2D eigenvalue weighted by atomic mass is 10.1. The summed E-state index contributed by atoms with van der Waals surface area (Å²) in [7, 11) is 0.